The maximum Gasteiger partial charge on any atom is 0.291 e. The summed E-state index contributed by atoms with van der Waals surface area (Å²) in [7, 11) is -3.76. The predicted molar refractivity (Wildman–Crippen MR) is 129 cm³/mol. The van der Waals surface area contributed by atoms with Crippen molar-refractivity contribution in [3.05, 3.63) is 53.3 Å². The Bertz CT molecular complexity index is 1130. The molecule has 32 heavy (non-hydrogen) atoms. The Morgan fingerprint density at radius 1 is 1.12 bits per heavy atom. The zero-order valence-corrected chi connectivity index (χ0v) is 20.6. The van der Waals surface area contributed by atoms with Gasteiger partial charge in [0.25, 0.3) is 15.3 Å². The van der Waals surface area contributed by atoms with E-state index in [1.54, 1.807) is 23.7 Å². The molecule has 0 saturated carbocycles. The van der Waals surface area contributed by atoms with Crippen LogP contribution in [-0.4, -0.2) is 35.2 Å². The summed E-state index contributed by atoms with van der Waals surface area (Å²) in [5.41, 5.74) is 2.05. The number of thioether (sulfide) groups is 1. The van der Waals surface area contributed by atoms with Crippen LogP contribution < -0.4 is 9.62 Å². The van der Waals surface area contributed by atoms with Crippen molar-refractivity contribution in [2.75, 3.05) is 16.2 Å². The van der Waals surface area contributed by atoms with Gasteiger partial charge >= 0.3 is 0 Å². The number of nitrogens with zero attached hydrogens (tertiary/aromatic N) is 4. The highest BCUT2D eigenvalue weighted by Gasteiger charge is 2.26. The SMILES string of the molecule is CCCCCN(c1nccs1)S(=O)(=O)c1ccc(NC(=O)Sc2nc(C)cc(C)n2)cc1. The molecule has 2 aromatic heterocycles. The van der Waals surface area contributed by atoms with Gasteiger partial charge in [-0.15, -0.1) is 11.3 Å². The van der Waals surface area contributed by atoms with Crippen molar-refractivity contribution in [2.45, 2.75) is 50.1 Å². The topological polar surface area (TPSA) is 105 Å². The molecule has 0 aliphatic carbocycles. The standard InChI is InChI=1S/C21H25N5O3S3/c1-4-5-6-12-26(20-22-11-13-30-20)32(28,29)18-9-7-17(8-10-18)25-21(27)31-19-23-15(2)14-16(3)24-19/h7-11,13-14H,4-6,12H2,1-3H3,(H,25,27). The highest BCUT2D eigenvalue weighted by molar-refractivity contribution is 8.13. The van der Waals surface area contributed by atoms with E-state index in [1.165, 1.54) is 27.8 Å². The van der Waals surface area contributed by atoms with E-state index in [0.29, 0.717) is 22.5 Å². The smallest absolute Gasteiger partial charge is 0.291 e. The van der Waals surface area contributed by atoms with Crippen LogP contribution >= 0.6 is 23.1 Å². The lowest BCUT2D eigenvalue weighted by molar-refractivity contribution is 0.269. The second-order valence-corrected chi connectivity index (χ2v) is 10.7. The zero-order chi connectivity index (χ0) is 23.1. The molecular weight excluding hydrogens is 466 g/mol. The summed E-state index contributed by atoms with van der Waals surface area (Å²) in [6, 6.07) is 7.95. The first-order valence-corrected chi connectivity index (χ1v) is 13.3. The minimum absolute atomic E-state index is 0.146. The molecule has 1 amide bonds. The van der Waals surface area contributed by atoms with E-state index >= 15 is 0 Å². The van der Waals surface area contributed by atoms with Crippen molar-refractivity contribution < 1.29 is 13.2 Å². The number of thiazole rings is 1. The predicted octanol–water partition coefficient (Wildman–Crippen LogP) is 5.26. The summed E-state index contributed by atoms with van der Waals surface area (Å²) < 4.78 is 27.9. The van der Waals surface area contributed by atoms with Crippen molar-refractivity contribution in [1.82, 2.24) is 15.0 Å². The quantitative estimate of drug-likeness (QED) is 0.247. The van der Waals surface area contributed by atoms with Crippen molar-refractivity contribution in [2.24, 2.45) is 0 Å². The molecule has 3 rings (SSSR count). The van der Waals surface area contributed by atoms with Gasteiger partial charge in [-0.25, -0.2) is 27.7 Å². The molecule has 8 nitrogen and oxygen atoms in total. The van der Waals surface area contributed by atoms with Gasteiger partial charge in [0.15, 0.2) is 10.3 Å². The number of hydrogen-bond donors (Lipinski definition) is 1. The van der Waals surface area contributed by atoms with Crippen LogP contribution in [0.25, 0.3) is 0 Å². The number of unbranched alkanes of at least 4 members (excludes halogenated alkanes) is 2. The molecule has 170 valence electrons. The largest absolute Gasteiger partial charge is 0.316 e. The monoisotopic (exact) mass is 491 g/mol. The van der Waals surface area contributed by atoms with Crippen LogP contribution in [0.4, 0.5) is 15.6 Å². The molecule has 3 aromatic rings. The van der Waals surface area contributed by atoms with Gasteiger partial charge < -0.3 is 5.32 Å². The molecule has 0 aliphatic heterocycles. The van der Waals surface area contributed by atoms with Crippen LogP contribution in [0.3, 0.4) is 0 Å². The Kier molecular flexibility index (Phi) is 8.21. The Hall–Kier alpha value is -2.50. The lowest BCUT2D eigenvalue weighted by Gasteiger charge is -2.21. The maximum atomic E-state index is 13.2. The van der Waals surface area contributed by atoms with Crippen molar-refractivity contribution in [3.8, 4) is 0 Å². The Labute approximate surface area is 196 Å². The van der Waals surface area contributed by atoms with Crippen LogP contribution in [0, 0.1) is 13.8 Å². The van der Waals surface area contributed by atoms with Gasteiger partial charge in [0, 0.05) is 47.0 Å². The molecule has 2 heterocycles. The second-order valence-electron chi connectivity index (χ2n) is 7.07. The highest BCUT2D eigenvalue weighted by Crippen LogP contribution is 2.27. The third kappa shape index (κ3) is 6.27. The maximum absolute atomic E-state index is 13.2. The van der Waals surface area contributed by atoms with Gasteiger partial charge in [-0.2, -0.15) is 0 Å². The Morgan fingerprint density at radius 3 is 2.41 bits per heavy atom. The van der Waals surface area contributed by atoms with Gasteiger partial charge in [0.05, 0.1) is 4.90 Å². The summed E-state index contributed by atoms with van der Waals surface area (Å²) in [6.45, 7) is 6.12. The molecule has 0 unspecified atom stereocenters. The molecule has 0 aliphatic rings. The highest BCUT2D eigenvalue weighted by atomic mass is 32.2. The number of carbonyl (C=O) groups excluding carboxylic acids is 1. The molecule has 0 saturated heterocycles. The van der Waals surface area contributed by atoms with Gasteiger partial charge in [-0.3, -0.25) is 4.79 Å². The molecule has 11 heteroatoms. The first kappa shape index (κ1) is 24.1. The molecule has 0 radical (unpaired) electrons. The van der Waals surface area contributed by atoms with E-state index < -0.39 is 10.0 Å². The fourth-order valence-electron chi connectivity index (χ4n) is 2.97. The van der Waals surface area contributed by atoms with Gasteiger partial charge in [0.1, 0.15) is 0 Å². The van der Waals surface area contributed by atoms with Crippen molar-refractivity contribution >= 4 is 49.2 Å². The summed E-state index contributed by atoms with van der Waals surface area (Å²) in [4.78, 5) is 25.1. The van der Waals surface area contributed by atoms with Crippen LogP contribution in [0.2, 0.25) is 0 Å². The lowest BCUT2D eigenvalue weighted by atomic mass is 10.2. The van der Waals surface area contributed by atoms with Gasteiger partial charge in [-0.1, -0.05) is 19.8 Å². The van der Waals surface area contributed by atoms with Crippen LogP contribution in [0.1, 0.15) is 37.6 Å². The number of sulfonamides is 1. The van der Waals surface area contributed by atoms with Crippen molar-refractivity contribution in [1.29, 1.82) is 0 Å². The Morgan fingerprint density at radius 2 is 1.81 bits per heavy atom. The lowest BCUT2D eigenvalue weighted by Crippen LogP contribution is -2.32. The number of benzene rings is 1. The van der Waals surface area contributed by atoms with E-state index in [-0.39, 0.29) is 10.1 Å². The molecule has 0 spiro atoms. The Balaban J connectivity index is 1.72. The number of nitrogens with one attached hydrogen (secondary N) is 1. The molecule has 1 N–H and O–H groups in total. The number of rotatable bonds is 9. The van der Waals surface area contributed by atoms with E-state index in [0.717, 1.165) is 42.4 Å². The van der Waals surface area contributed by atoms with Crippen LogP contribution in [0.15, 0.2) is 52.0 Å². The molecule has 1 aromatic carbocycles. The second kappa shape index (κ2) is 10.9. The summed E-state index contributed by atoms with van der Waals surface area (Å²) in [6.07, 6.45) is 4.27. The number of aryl methyl sites for hydroxylation is 2. The van der Waals surface area contributed by atoms with Crippen molar-refractivity contribution in [3.63, 3.8) is 0 Å². The summed E-state index contributed by atoms with van der Waals surface area (Å²) >= 11 is 2.17. The summed E-state index contributed by atoms with van der Waals surface area (Å²) in [5, 5.41) is 4.95. The number of amides is 1. The number of anilines is 2. The first-order valence-electron chi connectivity index (χ1n) is 10.1. The zero-order valence-electron chi connectivity index (χ0n) is 18.1. The first-order chi connectivity index (χ1) is 15.3. The normalized spacial score (nSPS) is 11.3. The van der Waals surface area contributed by atoms with E-state index in [4.69, 9.17) is 0 Å². The van der Waals surface area contributed by atoms with Crippen LogP contribution in [0.5, 0.6) is 0 Å². The van der Waals surface area contributed by atoms with E-state index in [9.17, 15) is 13.2 Å². The molecule has 0 fully saturated rings. The minimum atomic E-state index is -3.76. The third-order valence-corrected chi connectivity index (χ3v) is 7.80. The molecule has 0 atom stereocenters. The minimum Gasteiger partial charge on any atom is -0.316 e. The molecule has 0 bridgehead atoms. The average molecular weight is 492 g/mol. The fraction of sp³-hybridized carbons (Fsp3) is 0.333. The third-order valence-electron chi connectivity index (χ3n) is 4.43. The van der Waals surface area contributed by atoms with Gasteiger partial charge in [-0.05, 0) is 50.6 Å². The number of aromatic nitrogens is 3. The number of hydrogen-bond acceptors (Lipinski definition) is 8. The fourth-order valence-corrected chi connectivity index (χ4v) is 6.03. The average Bonchev–Trinajstić information content (AvgIpc) is 3.25. The van der Waals surface area contributed by atoms with E-state index in [1.807, 2.05) is 19.9 Å². The summed E-state index contributed by atoms with van der Waals surface area (Å²) in [5.74, 6) is 0. The number of carbonyl (C=O) groups is 1. The van der Waals surface area contributed by atoms with E-state index in [2.05, 4.69) is 27.2 Å². The van der Waals surface area contributed by atoms with Crippen LogP contribution in [-0.2, 0) is 10.0 Å². The van der Waals surface area contributed by atoms with Gasteiger partial charge in [0.2, 0.25) is 0 Å². The molecular formula is C21H25N5O3S3.